The number of primary amides is 1. The molecule has 0 aromatic carbocycles. The predicted octanol–water partition coefficient (Wildman–Crippen LogP) is 2.23. The van der Waals surface area contributed by atoms with E-state index in [0.717, 1.165) is 51.6 Å². The zero-order valence-electron chi connectivity index (χ0n) is 17.3. The lowest BCUT2D eigenvalue weighted by Crippen LogP contribution is -2.58. The Kier molecular flexibility index (Phi) is 4.89. The molecule has 29 heavy (non-hydrogen) atoms. The first-order valence-corrected chi connectivity index (χ1v) is 10.5. The molecule has 3 aliphatic rings. The second kappa shape index (κ2) is 7.13. The SMILES string of the molecule is [C-]#[N+]CC1(n2cc(C(N)=O)c(NC(=O)C3CC3)n2)CCC(N2CC(C)(C)C2)CC1. The topological polar surface area (TPSA) is 97.6 Å². The number of hydrogen-bond donors (Lipinski definition) is 2. The van der Waals surface area contributed by atoms with Crippen LogP contribution < -0.4 is 11.1 Å². The van der Waals surface area contributed by atoms with Crippen molar-refractivity contribution >= 4 is 17.6 Å². The molecule has 156 valence electrons. The first kappa shape index (κ1) is 19.9. The van der Waals surface area contributed by atoms with Crippen LogP contribution in [0.2, 0.25) is 0 Å². The summed E-state index contributed by atoms with van der Waals surface area (Å²) in [5, 5.41) is 7.32. The third-order valence-electron chi connectivity index (χ3n) is 6.69. The van der Waals surface area contributed by atoms with Crippen LogP contribution in [-0.2, 0) is 10.3 Å². The van der Waals surface area contributed by atoms with E-state index in [-0.39, 0.29) is 23.2 Å². The Hall–Kier alpha value is -2.40. The third kappa shape index (κ3) is 3.88. The first-order valence-electron chi connectivity index (χ1n) is 10.5. The number of carbonyl (C=O) groups excluding carboxylic acids is 2. The van der Waals surface area contributed by atoms with Gasteiger partial charge in [0.2, 0.25) is 12.5 Å². The van der Waals surface area contributed by atoms with Gasteiger partial charge < -0.3 is 15.9 Å². The second-order valence-electron chi connectivity index (χ2n) is 9.80. The summed E-state index contributed by atoms with van der Waals surface area (Å²) >= 11 is 0. The Labute approximate surface area is 171 Å². The van der Waals surface area contributed by atoms with Gasteiger partial charge in [0.15, 0.2) is 5.82 Å². The lowest BCUT2D eigenvalue weighted by molar-refractivity contribution is -0.117. The number of nitrogens with two attached hydrogens (primary N) is 1. The fraction of sp³-hybridized carbons (Fsp3) is 0.714. The van der Waals surface area contributed by atoms with Gasteiger partial charge in [-0.1, -0.05) is 13.8 Å². The smallest absolute Gasteiger partial charge is 0.254 e. The number of nitrogens with zero attached hydrogens (tertiary/aromatic N) is 4. The van der Waals surface area contributed by atoms with Gasteiger partial charge in [0, 0.05) is 31.2 Å². The van der Waals surface area contributed by atoms with Gasteiger partial charge in [0.25, 0.3) is 5.91 Å². The molecule has 2 aliphatic carbocycles. The molecule has 4 rings (SSSR count). The summed E-state index contributed by atoms with van der Waals surface area (Å²) in [4.78, 5) is 30.4. The molecular formula is C21H30N6O2. The van der Waals surface area contributed by atoms with Gasteiger partial charge in [0.05, 0.1) is 0 Å². The highest BCUT2D eigenvalue weighted by molar-refractivity contribution is 6.02. The lowest BCUT2D eigenvalue weighted by Gasteiger charge is -2.52. The molecular weight excluding hydrogens is 368 g/mol. The molecule has 1 saturated heterocycles. The van der Waals surface area contributed by atoms with Crippen molar-refractivity contribution in [2.24, 2.45) is 17.1 Å². The van der Waals surface area contributed by atoms with Crippen LogP contribution in [0.15, 0.2) is 6.20 Å². The Bertz CT molecular complexity index is 847. The van der Waals surface area contributed by atoms with Crippen LogP contribution in [0.5, 0.6) is 0 Å². The lowest BCUT2D eigenvalue weighted by atomic mass is 9.75. The number of hydrogen-bond acceptors (Lipinski definition) is 4. The van der Waals surface area contributed by atoms with Crippen molar-refractivity contribution in [1.29, 1.82) is 0 Å². The highest BCUT2D eigenvalue weighted by Gasteiger charge is 2.46. The van der Waals surface area contributed by atoms with Crippen LogP contribution in [0, 0.1) is 17.9 Å². The summed E-state index contributed by atoms with van der Waals surface area (Å²) in [5.74, 6) is -0.488. The standard InChI is InChI=1S/C21H30N6O2/c1-20(2)12-26(13-20)15-6-8-21(9-7-15,11-23-3)27-10-16(17(22)28)18(25-27)24-19(29)14-4-5-14/h10,14-15H,4-9,11-13H2,1-2H3,(H2,22,28)(H,24,25,29). The summed E-state index contributed by atoms with van der Waals surface area (Å²) in [5.41, 5.74) is 5.71. The molecule has 0 spiro atoms. The van der Waals surface area contributed by atoms with Gasteiger partial charge >= 0.3 is 0 Å². The van der Waals surface area contributed by atoms with Crippen LogP contribution in [-0.4, -0.2) is 52.2 Å². The highest BCUT2D eigenvalue weighted by Crippen LogP contribution is 2.41. The maximum Gasteiger partial charge on any atom is 0.254 e. The second-order valence-corrected chi connectivity index (χ2v) is 9.80. The van der Waals surface area contributed by atoms with Gasteiger partial charge in [-0.15, -0.1) is 0 Å². The number of anilines is 1. The van der Waals surface area contributed by atoms with Gasteiger partial charge in [0.1, 0.15) is 11.1 Å². The Balaban J connectivity index is 1.53. The van der Waals surface area contributed by atoms with Crippen LogP contribution >= 0.6 is 0 Å². The quantitative estimate of drug-likeness (QED) is 0.718. The molecule has 8 nitrogen and oxygen atoms in total. The fourth-order valence-corrected chi connectivity index (χ4v) is 4.88. The monoisotopic (exact) mass is 398 g/mol. The van der Waals surface area contributed by atoms with Crippen molar-refractivity contribution in [2.75, 3.05) is 25.0 Å². The normalized spacial score (nSPS) is 28.9. The number of aromatic nitrogens is 2. The van der Waals surface area contributed by atoms with Gasteiger partial charge in [-0.25, -0.2) is 6.57 Å². The largest absolute Gasteiger partial charge is 0.365 e. The van der Waals surface area contributed by atoms with Gasteiger partial charge in [-0.2, -0.15) is 5.10 Å². The molecule has 0 atom stereocenters. The van der Waals surface area contributed by atoms with Crippen LogP contribution in [0.3, 0.4) is 0 Å². The number of carbonyl (C=O) groups is 2. The summed E-state index contributed by atoms with van der Waals surface area (Å²) < 4.78 is 1.74. The van der Waals surface area contributed by atoms with Crippen LogP contribution in [0.1, 0.15) is 62.7 Å². The Morgan fingerprint density at radius 2 is 1.93 bits per heavy atom. The molecule has 0 bridgehead atoms. The number of nitrogens with one attached hydrogen (secondary N) is 1. The summed E-state index contributed by atoms with van der Waals surface area (Å²) in [7, 11) is 0. The van der Waals surface area contributed by atoms with E-state index in [1.54, 1.807) is 10.9 Å². The minimum absolute atomic E-state index is 0.00861. The van der Waals surface area contributed by atoms with Gasteiger partial charge in [-0.05, 0) is 43.9 Å². The van der Waals surface area contributed by atoms with E-state index in [4.69, 9.17) is 12.3 Å². The summed E-state index contributed by atoms with van der Waals surface area (Å²) in [6.07, 6.45) is 7.02. The third-order valence-corrected chi connectivity index (χ3v) is 6.69. The summed E-state index contributed by atoms with van der Waals surface area (Å²) in [6, 6.07) is 0.544. The molecule has 2 amide bonds. The van der Waals surface area contributed by atoms with E-state index in [0.29, 0.717) is 18.0 Å². The number of rotatable bonds is 6. The molecule has 2 heterocycles. The summed E-state index contributed by atoms with van der Waals surface area (Å²) in [6.45, 7) is 14.6. The molecule has 3 fully saturated rings. The van der Waals surface area contributed by atoms with Crippen molar-refractivity contribution in [3.05, 3.63) is 23.2 Å². The Morgan fingerprint density at radius 1 is 1.28 bits per heavy atom. The highest BCUT2D eigenvalue weighted by atomic mass is 16.2. The average Bonchev–Trinajstić information content (AvgIpc) is 3.41. The van der Waals surface area contributed by atoms with E-state index in [1.165, 1.54) is 0 Å². The Morgan fingerprint density at radius 3 is 2.45 bits per heavy atom. The molecule has 0 radical (unpaired) electrons. The zero-order valence-corrected chi connectivity index (χ0v) is 17.3. The van der Waals surface area contributed by atoms with E-state index < -0.39 is 11.4 Å². The molecule has 8 heteroatoms. The van der Waals surface area contributed by atoms with Crippen molar-refractivity contribution in [1.82, 2.24) is 14.7 Å². The maximum absolute atomic E-state index is 12.2. The first-order chi connectivity index (χ1) is 13.7. The minimum atomic E-state index is -0.614. The minimum Gasteiger partial charge on any atom is -0.365 e. The molecule has 1 aromatic heterocycles. The van der Waals surface area contributed by atoms with Crippen molar-refractivity contribution in [2.45, 2.75) is 64.0 Å². The van der Waals surface area contributed by atoms with Crippen LogP contribution in [0.4, 0.5) is 5.82 Å². The molecule has 1 aromatic rings. The molecule has 2 saturated carbocycles. The zero-order chi connectivity index (χ0) is 20.8. The molecule has 0 unspecified atom stereocenters. The number of likely N-dealkylation sites (tertiary alicyclic amines) is 1. The van der Waals surface area contributed by atoms with E-state index in [2.05, 4.69) is 34.0 Å². The molecule has 3 N–H and O–H groups in total. The van der Waals surface area contributed by atoms with E-state index >= 15 is 0 Å². The average molecular weight is 399 g/mol. The predicted molar refractivity (Wildman–Crippen MR) is 109 cm³/mol. The van der Waals surface area contributed by atoms with E-state index in [9.17, 15) is 9.59 Å². The van der Waals surface area contributed by atoms with Gasteiger partial charge in [-0.3, -0.25) is 19.2 Å². The fourth-order valence-electron chi connectivity index (χ4n) is 4.88. The van der Waals surface area contributed by atoms with Crippen molar-refractivity contribution < 1.29 is 9.59 Å². The van der Waals surface area contributed by atoms with E-state index in [1.807, 2.05) is 0 Å². The molecule has 1 aliphatic heterocycles. The van der Waals surface area contributed by atoms with Crippen molar-refractivity contribution in [3.63, 3.8) is 0 Å². The maximum atomic E-state index is 12.2. The van der Waals surface area contributed by atoms with Crippen LogP contribution in [0.25, 0.3) is 4.85 Å². The van der Waals surface area contributed by atoms with Crippen molar-refractivity contribution in [3.8, 4) is 0 Å². The number of amides is 2.